The van der Waals surface area contributed by atoms with Crippen molar-refractivity contribution in [3.05, 3.63) is 48.2 Å². The van der Waals surface area contributed by atoms with Gasteiger partial charge < -0.3 is 9.88 Å². The first-order chi connectivity index (χ1) is 10.5. The molecule has 2 N–H and O–H groups in total. The van der Waals surface area contributed by atoms with Crippen LogP contribution in [-0.2, 0) is 10.0 Å². The fourth-order valence-electron chi connectivity index (χ4n) is 2.85. The average molecular weight is 319 g/mol. The van der Waals surface area contributed by atoms with Crippen molar-refractivity contribution in [3.8, 4) is 0 Å². The van der Waals surface area contributed by atoms with E-state index in [2.05, 4.69) is 21.7 Å². The highest BCUT2D eigenvalue weighted by molar-refractivity contribution is 7.92. The molecule has 118 valence electrons. The summed E-state index contributed by atoms with van der Waals surface area (Å²) in [6, 6.07) is 10.3. The standard InChI is InChI=1S/C16H21N3O2S/c1-19-9-7-13(8-10-19)14-11-16(17-12-14)18-22(20,21)15-5-3-2-4-6-15/h2-6,11-13,17-18H,7-10H2,1H3. The third kappa shape index (κ3) is 3.34. The van der Waals surface area contributed by atoms with Crippen LogP contribution in [0.3, 0.4) is 0 Å². The molecule has 0 radical (unpaired) electrons. The van der Waals surface area contributed by atoms with Crippen molar-refractivity contribution < 1.29 is 8.42 Å². The number of hydrogen-bond donors (Lipinski definition) is 2. The van der Waals surface area contributed by atoms with Gasteiger partial charge in [0.1, 0.15) is 5.82 Å². The molecule has 2 heterocycles. The Hall–Kier alpha value is -1.79. The summed E-state index contributed by atoms with van der Waals surface area (Å²) in [6.45, 7) is 2.17. The molecule has 1 saturated heterocycles. The van der Waals surface area contributed by atoms with Crippen molar-refractivity contribution in [1.82, 2.24) is 9.88 Å². The average Bonchev–Trinajstić information content (AvgIpc) is 2.97. The highest BCUT2D eigenvalue weighted by Gasteiger charge is 2.20. The van der Waals surface area contributed by atoms with E-state index < -0.39 is 10.0 Å². The van der Waals surface area contributed by atoms with Crippen molar-refractivity contribution in [1.29, 1.82) is 0 Å². The first kappa shape index (κ1) is 15.1. The summed E-state index contributed by atoms with van der Waals surface area (Å²) in [6.07, 6.45) is 4.14. The molecule has 1 aliphatic rings. The van der Waals surface area contributed by atoms with E-state index in [0.29, 0.717) is 11.7 Å². The van der Waals surface area contributed by atoms with Gasteiger partial charge in [0.2, 0.25) is 0 Å². The predicted octanol–water partition coefficient (Wildman–Crippen LogP) is 2.62. The lowest BCUT2D eigenvalue weighted by atomic mass is 9.91. The molecule has 0 unspecified atom stereocenters. The molecule has 1 aromatic heterocycles. The Balaban J connectivity index is 1.72. The first-order valence-corrected chi connectivity index (χ1v) is 8.97. The zero-order valence-electron chi connectivity index (χ0n) is 12.6. The van der Waals surface area contributed by atoms with E-state index in [-0.39, 0.29) is 4.90 Å². The number of likely N-dealkylation sites (tertiary alicyclic amines) is 1. The fourth-order valence-corrected chi connectivity index (χ4v) is 3.89. The molecule has 0 saturated carbocycles. The maximum absolute atomic E-state index is 12.3. The summed E-state index contributed by atoms with van der Waals surface area (Å²) in [5.41, 5.74) is 1.18. The minimum absolute atomic E-state index is 0.269. The molecule has 0 aliphatic carbocycles. The molecule has 3 rings (SSSR count). The van der Waals surface area contributed by atoms with Crippen molar-refractivity contribution in [2.75, 3.05) is 24.9 Å². The normalized spacial score (nSPS) is 17.5. The van der Waals surface area contributed by atoms with E-state index in [1.54, 1.807) is 30.3 Å². The van der Waals surface area contributed by atoms with Crippen LogP contribution in [0.15, 0.2) is 47.5 Å². The van der Waals surface area contributed by atoms with Crippen LogP contribution in [0.25, 0.3) is 0 Å². The zero-order chi connectivity index (χ0) is 15.6. The maximum atomic E-state index is 12.3. The number of hydrogen-bond acceptors (Lipinski definition) is 3. The predicted molar refractivity (Wildman–Crippen MR) is 87.5 cm³/mol. The van der Waals surface area contributed by atoms with Crippen LogP contribution >= 0.6 is 0 Å². The minimum atomic E-state index is -3.53. The molecular formula is C16H21N3O2S. The van der Waals surface area contributed by atoms with Gasteiger partial charge in [0.05, 0.1) is 4.90 Å². The number of sulfonamides is 1. The highest BCUT2D eigenvalue weighted by Crippen LogP contribution is 2.29. The molecule has 0 spiro atoms. The van der Waals surface area contributed by atoms with Gasteiger partial charge in [0.15, 0.2) is 0 Å². The Labute approximate surface area is 131 Å². The summed E-state index contributed by atoms with van der Waals surface area (Å²) in [7, 11) is -1.40. The summed E-state index contributed by atoms with van der Waals surface area (Å²) < 4.78 is 27.2. The molecule has 1 aromatic carbocycles. The Morgan fingerprint density at radius 3 is 2.55 bits per heavy atom. The number of aromatic nitrogens is 1. The second-order valence-electron chi connectivity index (χ2n) is 5.84. The largest absolute Gasteiger partial charge is 0.347 e. The van der Waals surface area contributed by atoms with E-state index in [9.17, 15) is 8.42 Å². The van der Waals surface area contributed by atoms with Crippen LogP contribution < -0.4 is 4.72 Å². The number of H-pyrrole nitrogens is 1. The number of anilines is 1. The molecule has 0 amide bonds. The van der Waals surface area contributed by atoms with Gasteiger partial charge in [-0.05, 0) is 62.7 Å². The van der Waals surface area contributed by atoms with Gasteiger partial charge in [-0.3, -0.25) is 4.72 Å². The van der Waals surface area contributed by atoms with E-state index in [1.807, 2.05) is 12.3 Å². The van der Waals surface area contributed by atoms with Crippen molar-refractivity contribution in [3.63, 3.8) is 0 Å². The van der Waals surface area contributed by atoms with Gasteiger partial charge in [-0.1, -0.05) is 18.2 Å². The van der Waals surface area contributed by atoms with Crippen molar-refractivity contribution in [2.45, 2.75) is 23.7 Å². The van der Waals surface area contributed by atoms with E-state index in [4.69, 9.17) is 0 Å². The van der Waals surface area contributed by atoms with Crippen molar-refractivity contribution >= 4 is 15.8 Å². The van der Waals surface area contributed by atoms with Crippen LogP contribution in [0.5, 0.6) is 0 Å². The van der Waals surface area contributed by atoms with E-state index in [1.165, 1.54) is 5.56 Å². The molecule has 6 heteroatoms. The molecule has 5 nitrogen and oxygen atoms in total. The number of nitrogens with one attached hydrogen (secondary N) is 2. The molecule has 2 aromatic rings. The molecule has 22 heavy (non-hydrogen) atoms. The monoisotopic (exact) mass is 319 g/mol. The molecule has 0 bridgehead atoms. The summed E-state index contributed by atoms with van der Waals surface area (Å²) in [5, 5.41) is 0. The van der Waals surface area contributed by atoms with Crippen LogP contribution in [-0.4, -0.2) is 38.4 Å². The van der Waals surface area contributed by atoms with Gasteiger partial charge in [-0.15, -0.1) is 0 Å². The van der Waals surface area contributed by atoms with E-state index in [0.717, 1.165) is 25.9 Å². The number of piperidine rings is 1. The van der Waals surface area contributed by atoms with Crippen LogP contribution in [0.4, 0.5) is 5.82 Å². The third-order valence-corrected chi connectivity index (χ3v) is 5.57. The highest BCUT2D eigenvalue weighted by atomic mass is 32.2. The second-order valence-corrected chi connectivity index (χ2v) is 7.53. The summed E-state index contributed by atoms with van der Waals surface area (Å²) in [5.74, 6) is 1.03. The Morgan fingerprint density at radius 1 is 1.18 bits per heavy atom. The number of aromatic amines is 1. The summed E-state index contributed by atoms with van der Waals surface area (Å²) in [4.78, 5) is 5.63. The lowest BCUT2D eigenvalue weighted by molar-refractivity contribution is 0.255. The lowest BCUT2D eigenvalue weighted by Gasteiger charge is -2.28. The molecular weight excluding hydrogens is 298 g/mol. The van der Waals surface area contributed by atoms with Gasteiger partial charge in [-0.2, -0.15) is 0 Å². The SMILES string of the molecule is CN1CCC(c2c[nH]c(NS(=O)(=O)c3ccccc3)c2)CC1. The third-order valence-electron chi connectivity index (χ3n) is 4.19. The smallest absolute Gasteiger partial charge is 0.262 e. The van der Waals surface area contributed by atoms with Gasteiger partial charge >= 0.3 is 0 Å². The van der Waals surface area contributed by atoms with Crippen LogP contribution in [0.2, 0.25) is 0 Å². The maximum Gasteiger partial charge on any atom is 0.262 e. The lowest BCUT2D eigenvalue weighted by Crippen LogP contribution is -2.29. The van der Waals surface area contributed by atoms with E-state index >= 15 is 0 Å². The van der Waals surface area contributed by atoms with Gasteiger partial charge in [0, 0.05) is 6.20 Å². The Bertz CT molecular complexity index is 717. The molecule has 1 fully saturated rings. The Kier molecular flexibility index (Phi) is 4.22. The van der Waals surface area contributed by atoms with Crippen LogP contribution in [0, 0.1) is 0 Å². The number of nitrogens with zero attached hydrogens (tertiary/aromatic N) is 1. The minimum Gasteiger partial charge on any atom is -0.347 e. The Morgan fingerprint density at radius 2 is 1.86 bits per heavy atom. The number of benzene rings is 1. The fraction of sp³-hybridized carbons (Fsp3) is 0.375. The van der Waals surface area contributed by atoms with Crippen LogP contribution in [0.1, 0.15) is 24.3 Å². The zero-order valence-corrected chi connectivity index (χ0v) is 13.4. The molecule has 1 aliphatic heterocycles. The van der Waals surface area contributed by atoms with Crippen molar-refractivity contribution in [2.24, 2.45) is 0 Å². The second kappa shape index (κ2) is 6.14. The summed E-state index contributed by atoms with van der Waals surface area (Å²) >= 11 is 0. The topological polar surface area (TPSA) is 65.2 Å². The molecule has 0 atom stereocenters. The van der Waals surface area contributed by atoms with Gasteiger partial charge in [0.25, 0.3) is 10.0 Å². The quantitative estimate of drug-likeness (QED) is 0.910. The first-order valence-electron chi connectivity index (χ1n) is 7.49. The number of rotatable bonds is 4. The van der Waals surface area contributed by atoms with Gasteiger partial charge in [-0.25, -0.2) is 8.42 Å².